The van der Waals surface area contributed by atoms with Crippen molar-refractivity contribution in [2.45, 2.75) is 12.8 Å². The Morgan fingerprint density at radius 1 is 0.881 bits per heavy atom. The smallest absolute Gasteiger partial charge is 0.416 e. The lowest BCUT2D eigenvalue weighted by atomic mass is 10.1. The maximum atomic E-state index is 14.8. The summed E-state index contributed by atoms with van der Waals surface area (Å²) in [4.78, 5) is 47.4. The van der Waals surface area contributed by atoms with Crippen molar-refractivity contribution in [1.82, 2.24) is 25.0 Å². The Kier molecular flexibility index (Phi) is 9.57. The van der Waals surface area contributed by atoms with Gasteiger partial charge in [0.05, 0.1) is 6.42 Å². The van der Waals surface area contributed by atoms with E-state index in [0.29, 0.717) is 13.1 Å². The molecule has 0 atom stereocenters. The van der Waals surface area contributed by atoms with Crippen LogP contribution in [0.2, 0.25) is 0 Å². The minimum absolute atomic E-state index is 0.0354. The van der Waals surface area contributed by atoms with Crippen LogP contribution < -0.4 is 20.1 Å². The summed E-state index contributed by atoms with van der Waals surface area (Å²) in [6, 6.07) is 15.0. The first kappa shape index (κ1) is 29.0. The van der Waals surface area contributed by atoms with E-state index < -0.39 is 23.8 Å². The molecule has 11 nitrogen and oxygen atoms in total. The van der Waals surface area contributed by atoms with Gasteiger partial charge in [-0.3, -0.25) is 15.0 Å². The number of carbonyl (C=O) groups is 3. The minimum Gasteiger partial charge on any atom is -0.454 e. The van der Waals surface area contributed by atoms with Gasteiger partial charge in [0.15, 0.2) is 11.6 Å². The number of nitrogens with one attached hydrogen (secondary N) is 2. The summed E-state index contributed by atoms with van der Waals surface area (Å²) in [5.41, 5.74) is 0.894. The Bertz CT molecular complexity index is 1400. The van der Waals surface area contributed by atoms with Gasteiger partial charge in [-0.25, -0.2) is 19.0 Å². The minimum atomic E-state index is -0.780. The number of nitrogens with zero attached hydrogens (tertiary/aromatic N) is 4. The molecule has 5 rings (SSSR count). The second-order valence-corrected chi connectivity index (χ2v) is 10.1. The summed E-state index contributed by atoms with van der Waals surface area (Å²) < 4.78 is 25.8. The van der Waals surface area contributed by atoms with Crippen molar-refractivity contribution >= 4 is 23.7 Å². The molecule has 42 heavy (non-hydrogen) atoms. The van der Waals surface area contributed by atoms with E-state index in [1.165, 1.54) is 50.0 Å². The molecule has 3 heterocycles. The number of rotatable bonds is 9. The Labute approximate surface area is 243 Å². The molecule has 3 aromatic rings. The van der Waals surface area contributed by atoms with Crippen molar-refractivity contribution in [3.05, 3.63) is 78.2 Å². The second-order valence-electron chi connectivity index (χ2n) is 10.1. The highest BCUT2D eigenvalue weighted by molar-refractivity contribution is 6.01. The van der Waals surface area contributed by atoms with E-state index in [1.807, 2.05) is 6.07 Å². The number of pyridine rings is 1. The fraction of sp³-hybridized carbons (Fsp3) is 0.333. The molecule has 2 aromatic carbocycles. The van der Waals surface area contributed by atoms with Crippen molar-refractivity contribution in [2.24, 2.45) is 0 Å². The molecule has 0 aliphatic carbocycles. The number of amides is 4. The molecular weight excluding hydrogens is 543 g/mol. The third kappa shape index (κ3) is 8.24. The highest BCUT2D eigenvalue weighted by atomic mass is 19.1. The maximum Gasteiger partial charge on any atom is 0.416 e. The van der Waals surface area contributed by atoms with Gasteiger partial charge in [-0.05, 0) is 43.3 Å². The van der Waals surface area contributed by atoms with Crippen LogP contribution in [0.25, 0.3) is 0 Å². The van der Waals surface area contributed by atoms with Crippen LogP contribution in [0, 0.1) is 5.82 Å². The van der Waals surface area contributed by atoms with E-state index in [1.54, 1.807) is 29.2 Å². The topological polar surface area (TPSA) is 116 Å². The summed E-state index contributed by atoms with van der Waals surface area (Å²) in [5.74, 6) is -1.10. The van der Waals surface area contributed by atoms with Gasteiger partial charge in [-0.15, -0.1) is 0 Å². The Morgan fingerprint density at radius 3 is 2.31 bits per heavy atom. The van der Waals surface area contributed by atoms with Crippen molar-refractivity contribution < 1.29 is 28.2 Å². The lowest BCUT2D eigenvalue weighted by molar-refractivity contribution is -0.119. The average Bonchev–Trinajstić information content (AvgIpc) is 2.94. The van der Waals surface area contributed by atoms with Crippen LogP contribution in [-0.2, 0) is 11.2 Å². The lowest BCUT2D eigenvalue weighted by Gasteiger charge is -2.37. The van der Waals surface area contributed by atoms with Crippen LogP contribution >= 0.6 is 0 Å². The number of imide groups is 1. The largest absolute Gasteiger partial charge is 0.454 e. The molecule has 220 valence electrons. The lowest BCUT2D eigenvalue weighted by Crippen LogP contribution is -2.51. The first-order valence-corrected chi connectivity index (χ1v) is 13.9. The molecular formula is C30H33FN6O5. The average molecular weight is 577 g/mol. The van der Waals surface area contributed by atoms with Crippen LogP contribution in [0.1, 0.15) is 12.0 Å². The highest BCUT2D eigenvalue weighted by Crippen LogP contribution is 2.28. The van der Waals surface area contributed by atoms with Gasteiger partial charge in [0.25, 0.3) is 0 Å². The Balaban J connectivity index is 1.08. The van der Waals surface area contributed by atoms with E-state index in [9.17, 15) is 18.8 Å². The summed E-state index contributed by atoms with van der Waals surface area (Å²) >= 11 is 0. The van der Waals surface area contributed by atoms with Gasteiger partial charge in [-0.2, -0.15) is 0 Å². The first-order chi connectivity index (χ1) is 20.4. The number of hydrogen-bond acceptors (Lipinski definition) is 8. The molecule has 0 unspecified atom stereocenters. The van der Waals surface area contributed by atoms with Crippen LogP contribution in [0.5, 0.6) is 17.4 Å². The second kappa shape index (κ2) is 13.9. The number of aromatic nitrogens is 1. The SMILES string of the molecule is O=C(Cc1ccccc1)NC(=O)Nc1ccc(Oc2ccnc(OC(=O)N3CCN(CCN4CCC4)CC3)c2)c(F)c1. The van der Waals surface area contributed by atoms with Crippen LogP contribution in [0.4, 0.5) is 19.7 Å². The quantitative estimate of drug-likeness (QED) is 0.396. The van der Waals surface area contributed by atoms with Crippen molar-refractivity contribution in [3.63, 3.8) is 0 Å². The first-order valence-electron chi connectivity index (χ1n) is 13.9. The number of halogens is 1. The molecule has 2 fully saturated rings. The van der Waals surface area contributed by atoms with Crippen molar-refractivity contribution in [3.8, 4) is 17.4 Å². The number of anilines is 1. The highest BCUT2D eigenvalue weighted by Gasteiger charge is 2.24. The number of ether oxygens (including phenoxy) is 2. The number of urea groups is 1. The normalized spacial score (nSPS) is 15.4. The number of likely N-dealkylation sites (tertiary alicyclic amines) is 1. The maximum absolute atomic E-state index is 14.8. The Morgan fingerprint density at radius 2 is 1.62 bits per heavy atom. The number of piperazine rings is 1. The summed E-state index contributed by atoms with van der Waals surface area (Å²) in [7, 11) is 0. The standard InChI is InChI=1S/C30H33FN6O5/c31-25-20-23(33-29(39)34-27(38)19-22-5-2-1-3-6-22)7-8-26(25)41-24-9-10-32-28(21-24)42-30(40)37-17-15-36(16-18-37)14-13-35-11-4-12-35/h1-3,5-10,20-21H,4,11-19H2,(H2,33,34,38,39). The fourth-order valence-corrected chi connectivity index (χ4v) is 4.61. The van der Waals surface area contributed by atoms with Gasteiger partial charge in [0, 0.05) is 63.3 Å². The van der Waals surface area contributed by atoms with E-state index >= 15 is 0 Å². The molecule has 2 aliphatic heterocycles. The number of benzene rings is 2. The van der Waals surface area contributed by atoms with Crippen molar-refractivity contribution in [1.29, 1.82) is 0 Å². The molecule has 0 bridgehead atoms. The van der Waals surface area contributed by atoms with Gasteiger partial charge < -0.3 is 24.6 Å². The molecule has 4 amide bonds. The third-order valence-electron chi connectivity index (χ3n) is 7.09. The molecule has 2 N–H and O–H groups in total. The third-order valence-corrected chi connectivity index (χ3v) is 7.09. The number of hydrogen-bond donors (Lipinski definition) is 2. The molecule has 1 aromatic heterocycles. The zero-order valence-corrected chi connectivity index (χ0v) is 23.1. The molecule has 0 spiro atoms. The van der Waals surface area contributed by atoms with Gasteiger partial charge in [0.2, 0.25) is 11.8 Å². The zero-order valence-electron chi connectivity index (χ0n) is 23.1. The predicted octanol–water partition coefficient (Wildman–Crippen LogP) is 3.73. The predicted molar refractivity (Wildman–Crippen MR) is 153 cm³/mol. The van der Waals surface area contributed by atoms with Crippen molar-refractivity contribution in [2.75, 3.05) is 57.7 Å². The van der Waals surface area contributed by atoms with E-state index in [0.717, 1.165) is 37.8 Å². The molecule has 2 aliphatic rings. The molecule has 0 radical (unpaired) electrons. The zero-order chi connectivity index (χ0) is 29.3. The van der Waals surface area contributed by atoms with Crippen LogP contribution in [0.15, 0.2) is 66.9 Å². The molecule has 2 saturated heterocycles. The van der Waals surface area contributed by atoms with E-state index in [2.05, 4.69) is 25.4 Å². The van der Waals surface area contributed by atoms with Gasteiger partial charge >= 0.3 is 12.1 Å². The molecule has 12 heteroatoms. The summed E-state index contributed by atoms with van der Waals surface area (Å²) in [6.45, 7) is 7.12. The fourth-order valence-electron chi connectivity index (χ4n) is 4.61. The monoisotopic (exact) mass is 576 g/mol. The van der Waals surface area contributed by atoms with Crippen LogP contribution in [-0.4, -0.2) is 90.1 Å². The van der Waals surface area contributed by atoms with Gasteiger partial charge in [0.1, 0.15) is 5.75 Å². The number of carbonyl (C=O) groups excluding carboxylic acids is 3. The summed E-state index contributed by atoms with van der Waals surface area (Å²) in [5, 5.41) is 4.64. The molecule has 0 saturated carbocycles. The summed E-state index contributed by atoms with van der Waals surface area (Å²) in [6.07, 6.45) is 2.22. The van der Waals surface area contributed by atoms with E-state index in [-0.39, 0.29) is 29.5 Å². The Hall–Kier alpha value is -4.55. The van der Waals surface area contributed by atoms with Gasteiger partial charge in [-0.1, -0.05) is 30.3 Å². The van der Waals surface area contributed by atoms with E-state index in [4.69, 9.17) is 9.47 Å². The van der Waals surface area contributed by atoms with Crippen LogP contribution in [0.3, 0.4) is 0 Å².